The number of hydrogen-bond donors (Lipinski definition) is 0. The maximum absolute atomic E-state index is 12.3. The van der Waals surface area contributed by atoms with Gasteiger partial charge in [-0.2, -0.15) is 0 Å². The summed E-state index contributed by atoms with van der Waals surface area (Å²) in [6, 6.07) is 10.6. The lowest BCUT2D eigenvalue weighted by Gasteiger charge is -2.09. The molecule has 1 aromatic heterocycles. The van der Waals surface area contributed by atoms with Crippen molar-refractivity contribution in [2.24, 2.45) is 0 Å². The molecule has 1 aliphatic rings. The number of fused-ring (bicyclic) bond motifs is 2. The van der Waals surface area contributed by atoms with Crippen LogP contribution in [-0.4, -0.2) is 31.9 Å². The molecular formula is C20H19NO6. The van der Waals surface area contributed by atoms with E-state index in [1.807, 2.05) is 24.3 Å². The molecule has 2 heterocycles. The first-order chi connectivity index (χ1) is 13.2. The highest BCUT2D eigenvalue weighted by Gasteiger charge is 2.15. The van der Waals surface area contributed by atoms with Crippen molar-refractivity contribution in [2.75, 3.05) is 26.9 Å². The Kier molecular flexibility index (Phi) is 4.82. The Morgan fingerprint density at radius 2 is 1.74 bits per heavy atom. The summed E-state index contributed by atoms with van der Waals surface area (Å²) in [5.41, 5.74) is 0.0741. The summed E-state index contributed by atoms with van der Waals surface area (Å²) in [5.74, 6) is 2.92. The van der Waals surface area contributed by atoms with Crippen LogP contribution in [0.15, 0.2) is 45.6 Å². The predicted octanol–water partition coefficient (Wildman–Crippen LogP) is 2.98. The quantitative estimate of drug-likeness (QED) is 0.684. The van der Waals surface area contributed by atoms with Gasteiger partial charge in [0.15, 0.2) is 11.5 Å². The molecule has 0 aliphatic carbocycles. The van der Waals surface area contributed by atoms with Gasteiger partial charge in [0.05, 0.1) is 44.3 Å². The van der Waals surface area contributed by atoms with Gasteiger partial charge in [0.25, 0.3) is 0 Å². The highest BCUT2D eigenvalue weighted by Crippen LogP contribution is 2.32. The Morgan fingerprint density at radius 3 is 2.48 bits per heavy atom. The van der Waals surface area contributed by atoms with Gasteiger partial charge in [-0.1, -0.05) is 0 Å². The Bertz CT molecular complexity index is 996. The fourth-order valence-corrected chi connectivity index (χ4v) is 2.81. The molecule has 4 rings (SSSR count). The zero-order valence-electron chi connectivity index (χ0n) is 14.9. The number of hydrogen-bond acceptors (Lipinski definition) is 7. The Labute approximate surface area is 155 Å². The standard InChI is InChI=1S/C20H19NO6/c1-23-13-3-5-14(6-4-13)24-10-7-19-21-16-12-18-17(25-8-2-9-26-18)11-15(16)20(22)27-19/h3-6,11-12H,2,7-10H2,1H3. The first-order valence-electron chi connectivity index (χ1n) is 8.73. The van der Waals surface area contributed by atoms with E-state index in [9.17, 15) is 4.79 Å². The van der Waals surface area contributed by atoms with Crippen LogP contribution >= 0.6 is 0 Å². The van der Waals surface area contributed by atoms with Crippen LogP contribution in [0, 0.1) is 0 Å². The average Bonchev–Trinajstić information content (AvgIpc) is 2.92. The predicted molar refractivity (Wildman–Crippen MR) is 98.1 cm³/mol. The normalized spacial score (nSPS) is 13.2. The van der Waals surface area contributed by atoms with Gasteiger partial charge >= 0.3 is 5.63 Å². The summed E-state index contributed by atoms with van der Waals surface area (Å²) in [5, 5.41) is 0.374. The molecule has 7 nitrogen and oxygen atoms in total. The SMILES string of the molecule is COc1ccc(OCCc2nc3cc4c(cc3c(=O)o2)OCCCO4)cc1. The van der Waals surface area contributed by atoms with E-state index >= 15 is 0 Å². The lowest BCUT2D eigenvalue weighted by Crippen LogP contribution is -2.09. The molecule has 27 heavy (non-hydrogen) atoms. The lowest BCUT2D eigenvalue weighted by atomic mass is 10.2. The largest absolute Gasteiger partial charge is 0.497 e. The third-order valence-electron chi connectivity index (χ3n) is 4.19. The molecule has 0 N–H and O–H groups in total. The zero-order valence-corrected chi connectivity index (χ0v) is 14.9. The minimum atomic E-state index is -0.449. The number of ether oxygens (including phenoxy) is 4. The van der Waals surface area contributed by atoms with Crippen LogP contribution < -0.4 is 24.6 Å². The van der Waals surface area contributed by atoms with Crippen molar-refractivity contribution in [3.05, 3.63) is 52.7 Å². The number of benzene rings is 2. The van der Waals surface area contributed by atoms with Gasteiger partial charge in [-0.15, -0.1) is 0 Å². The van der Waals surface area contributed by atoms with Crippen molar-refractivity contribution in [2.45, 2.75) is 12.8 Å². The van der Waals surface area contributed by atoms with Crippen molar-refractivity contribution >= 4 is 10.9 Å². The van der Waals surface area contributed by atoms with Crippen LogP contribution in [0.5, 0.6) is 23.0 Å². The van der Waals surface area contributed by atoms with Crippen LogP contribution in [0.25, 0.3) is 10.9 Å². The van der Waals surface area contributed by atoms with Crippen molar-refractivity contribution in [3.8, 4) is 23.0 Å². The summed E-state index contributed by atoms with van der Waals surface area (Å²) < 4.78 is 27.4. The number of methoxy groups -OCH3 is 1. The minimum Gasteiger partial charge on any atom is -0.497 e. The molecule has 3 aromatic rings. The van der Waals surface area contributed by atoms with E-state index in [2.05, 4.69) is 4.98 Å². The van der Waals surface area contributed by atoms with Gasteiger partial charge < -0.3 is 23.4 Å². The van der Waals surface area contributed by atoms with Crippen LogP contribution in [0.3, 0.4) is 0 Å². The van der Waals surface area contributed by atoms with E-state index in [1.54, 1.807) is 19.2 Å². The van der Waals surface area contributed by atoms with E-state index in [-0.39, 0.29) is 0 Å². The van der Waals surface area contributed by atoms with Gasteiger partial charge in [0, 0.05) is 18.6 Å². The maximum Gasteiger partial charge on any atom is 0.346 e. The average molecular weight is 369 g/mol. The van der Waals surface area contributed by atoms with Crippen molar-refractivity contribution in [3.63, 3.8) is 0 Å². The van der Waals surface area contributed by atoms with E-state index in [0.717, 1.165) is 12.2 Å². The molecule has 0 radical (unpaired) electrons. The molecule has 0 atom stereocenters. The van der Waals surface area contributed by atoms with Gasteiger partial charge in [0.2, 0.25) is 5.89 Å². The Balaban J connectivity index is 1.51. The summed E-state index contributed by atoms with van der Waals surface area (Å²) in [6.45, 7) is 1.46. The highest BCUT2D eigenvalue weighted by atomic mass is 16.5. The second-order valence-electron chi connectivity index (χ2n) is 6.04. The number of rotatable bonds is 5. The van der Waals surface area contributed by atoms with Crippen LogP contribution in [0.2, 0.25) is 0 Å². The number of nitrogens with zero attached hydrogens (tertiary/aromatic N) is 1. The third kappa shape index (κ3) is 3.81. The fraction of sp³-hybridized carbons (Fsp3) is 0.300. The van der Waals surface area contributed by atoms with E-state index in [4.69, 9.17) is 23.4 Å². The van der Waals surface area contributed by atoms with Crippen molar-refractivity contribution < 1.29 is 23.4 Å². The van der Waals surface area contributed by atoms with E-state index in [1.165, 1.54) is 0 Å². The van der Waals surface area contributed by atoms with Crippen molar-refractivity contribution in [1.29, 1.82) is 0 Å². The molecule has 0 amide bonds. The molecule has 0 spiro atoms. The Hall–Kier alpha value is -3.22. The van der Waals surface area contributed by atoms with Gasteiger partial charge in [0.1, 0.15) is 11.5 Å². The first kappa shape index (κ1) is 17.2. The number of aromatic nitrogens is 1. The van der Waals surface area contributed by atoms with Gasteiger partial charge in [-0.05, 0) is 24.3 Å². The summed E-state index contributed by atoms with van der Waals surface area (Å²) >= 11 is 0. The molecule has 0 saturated carbocycles. The molecule has 0 bridgehead atoms. The maximum atomic E-state index is 12.3. The monoisotopic (exact) mass is 369 g/mol. The second kappa shape index (κ2) is 7.57. The summed E-state index contributed by atoms with van der Waals surface area (Å²) in [6.07, 6.45) is 1.16. The summed E-state index contributed by atoms with van der Waals surface area (Å²) in [7, 11) is 1.61. The van der Waals surface area contributed by atoms with Crippen molar-refractivity contribution in [1.82, 2.24) is 4.98 Å². The smallest absolute Gasteiger partial charge is 0.346 e. The molecular weight excluding hydrogens is 350 g/mol. The Morgan fingerprint density at radius 1 is 1.04 bits per heavy atom. The van der Waals surface area contributed by atoms with E-state index in [0.29, 0.717) is 60.3 Å². The molecule has 0 saturated heterocycles. The molecule has 0 fully saturated rings. The highest BCUT2D eigenvalue weighted by molar-refractivity contribution is 5.81. The first-order valence-corrected chi connectivity index (χ1v) is 8.73. The molecule has 1 aliphatic heterocycles. The van der Waals surface area contributed by atoms with Gasteiger partial charge in [-0.25, -0.2) is 9.78 Å². The van der Waals surface area contributed by atoms with Gasteiger partial charge in [-0.3, -0.25) is 0 Å². The fourth-order valence-electron chi connectivity index (χ4n) is 2.81. The topological polar surface area (TPSA) is 80.0 Å². The summed E-state index contributed by atoms with van der Waals surface area (Å²) in [4.78, 5) is 16.7. The van der Waals surface area contributed by atoms with Crippen LogP contribution in [0.1, 0.15) is 12.3 Å². The van der Waals surface area contributed by atoms with Crippen LogP contribution in [-0.2, 0) is 6.42 Å². The lowest BCUT2D eigenvalue weighted by molar-refractivity contribution is 0.297. The zero-order chi connectivity index (χ0) is 18.6. The molecule has 7 heteroatoms. The molecule has 140 valence electrons. The molecule has 0 unspecified atom stereocenters. The van der Waals surface area contributed by atoms with Crippen LogP contribution in [0.4, 0.5) is 0 Å². The minimum absolute atomic E-state index is 0.315. The third-order valence-corrected chi connectivity index (χ3v) is 4.19. The van der Waals surface area contributed by atoms with E-state index < -0.39 is 5.63 Å². The second-order valence-corrected chi connectivity index (χ2v) is 6.04. The molecule has 2 aromatic carbocycles.